The van der Waals surface area contributed by atoms with Gasteiger partial charge in [-0.05, 0) is 37.6 Å². The third-order valence-electron chi connectivity index (χ3n) is 7.40. The van der Waals surface area contributed by atoms with Gasteiger partial charge in [-0.25, -0.2) is 0 Å². The Kier molecular flexibility index (Phi) is 22.7. The van der Waals surface area contributed by atoms with E-state index in [1.54, 1.807) is 6.92 Å². The standard InChI is InChI=1S/C30H65NO5Si/c1-7-8-9-10-11-12-13-14-15-16-17-18-19-20-28(27(25-26(2)3)29(4,5)31)37-36-30(6,34-23-21-32)35-24-22-33/h26-28,32-33H,7-25,31,37H2,1-6H3. The molecular formula is C30H65NO5Si. The van der Waals surface area contributed by atoms with Crippen molar-refractivity contribution < 1.29 is 24.1 Å². The van der Waals surface area contributed by atoms with E-state index in [1.165, 1.54) is 83.5 Å². The van der Waals surface area contributed by atoms with Crippen molar-refractivity contribution in [2.75, 3.05) is 26.4 Å². The highest BCUT2D eigenvalue weighted by Crippen LogP contribution is 2.37. The van der Waals surface area contributed by atoms with Crippen LogP contribution in [0.1, 0.15) is 138 Å². The lowest BCUT2D eigenvalue weighted by atomic mass is 9.78. The van der Waals surface area contributed by atoms with Crippen LogP contribution in [-0.4, -0.2) is 57.9 Å². The number of rotatable bonds is 27. The Hall–Kier alpha value is -0.0231. The fourth-order valence-electron chi connectivity index (χ4n) is 5.28. The molecule has 0 saturated carbocycles. The molecule has 0 bridgehead atoms. The minimum Gasteiger partial charge on any atom is -0.394 e. The Morgan fingerprint density at radius 2 is 1.16 bits per heavy atom. The molecule has 2 unspecified atom stereocenters. The predicted molar refractivity (Wildman–Crippen MR) is 159 cm³/mol. The largest absolute Gasteiger partial charge is 0.394 e. The molecule has 0 radical (unpaired) electrons. The number of unbranched alkanes of at least 4 members (excludes halogenated alkanes) is 12. The molecule has 4 N–H and O–H groups in total. The maximum absolute atomic E-state index is 9.22. The van der Waals surface area contributed by atoms with Crippen LogP contribution < -0.4 is 5.73 Å². The highest BCUT2D eigenvalue weighted by Gasteiger charge is 2.36. The number of hydrogen-bond acceptors (Lipinski definition) is 6. The predicted octanol–water partition coefficient (Wildman–Crippen LogP) is 6.45. The van der Waals surface area contributed by atoms with Crippen LogP contribution in [0, 0.1) is 11.8 Å². The lowest BCUT2D eigenvalue weighted by Crippen LogP contribution is -2.47. The maximum atomic E-state index is 9.22. The summed E-state index contributed by atoms with van der Waals surface area (Å²) >= 11 is 0. The van der Waals surface area contributed by atoms with Gasteiger partial charge in [0.1, 0.15) is 0 Å². The van der Waals surface area contributed by atoms with Gasteiger partial charge in [-0.1, -0.05) is 111 Å². The van der Waals surface area contributed by atoms with Gasteiger partial charge < -0.3 is 29.8 Å². The highest BCUT2D eigenvalue weighted by molar-refractivity contribution is 6.29. The molecule has 0 rings (SSSR count). The van der Waals surface area contributed by atoms with Crippen LogP contribution in [0.4, 0.5) is 0 Å². The topological polar surface area (TPSA) is 94.2 Å². The van der Waals surface area contributed by atoms with E-state index in [9.17, 15) is 10.2 Å². The average Bonchev–Trinajstić information content (AvgIpc) is 2.84. The number of hydrogen-bond donors (Lipinski definition) is 3. The van der Waals surface area contributed by atoms with E-state index in [4.69, 9.17) is 19.6 Å². The maximum Gasteiger partial charge on any atom is 0.270 e. The molecule has 0 spiro atoms. The molecule has 0 heterocycles. The van der Waals surface area contributed by atoms with Crippen molar-refractivity contribution in [1.82, 2.24) is 0 Å². The average molecular weight is 548 g/mol. The van der Waals surface area contributed by atoms with Crippen LogP contribution in [0.3, 0.4) is 0 Å². The summed E-state index contributed by atoms with van der Waals surface area (Å²) in [6.07, 6.45) is 19.8. The van der Waals surface area contributed by atoms with Crippen molar-refractivity contribution in [1.29, 1.82) is 0 Å². The zero-order valence-electron chi connectivity index (χ0n) is 25.6. The van der Waals surface area contributed by atoms with Gasteiger partial charge in [0, 0.05) is 12.5 Å². The minimum absolute atomic E-state index is 0.100. The van der Waals surface area contributed by atoms with Crippen molar-refractivity contribution in [2.45, 2.75) is 155 Å². The molecule has 0 aromatic carbocycles. The molecular weight excluding hydrogens is 482 g/mol. The molecule has 6 nitrogen and oxygen atoms in total. The first-order chi connectivity index (χ1) is 17.6. The van der Waals surface area contributed by atoms with Gasteiger partial charge >= 0.3 is 0 Å². The van der Waals surface area contributed by atoms with E-state index in [0.29, 0.717) is 17.4 Å². The van der Waals surface area contributed by atoms with Gasteiger partial charge in [-0.15, -0.1) is 0 Å². The molecule has 0 aliphatic heterocycles. The number of nitrogens with two attached hydrogens (primary N) is 1. The van der Waals surface area contributed by atoms with Crippen LogP contribution >= 0.6 is 0 Å². The molecule has 0 saturated heterocycles. The Balaban J connectivity index is 4.70. The second kappa shape index (κ2) is 22.8. The van der Waals surface area contributed by atoms with Gasteiger partial charge in [0.15, 0.2) is 9.76 Å². The van der Waals surface area contributed by atoms with E-state index >= 15 is 0 Å². The van der Waals surface area contributed by atoms with Gasteiger partial charge in [0.05, 0.1) is 26.4 Å². The monoisotopic (exact) mass is 547 g/mol. The van der Waals surface area contributed by atoms with Crippen LogP contribution in [-0.2, 0) is 13.9 Å². The van der Waals surface area contributed by atoms with E-state index in [0.717, 1.165) is 12.8 Å². The van der Waals surface area contributed by atoms with Crippen molar-refractivity contribution >= 4 is 9.76 Å². The summed E-state index contributed by atoms with van der Waals surface area (Å²) in [5.74, 6) is -0.289. The van der Waals surface area contributed by atoms with Crippen LogP contribution in [0.2, 0.25) is 5.54 Å². The zero-order valence-corrected chi connectivity index (χ0v) is 27.0. The van der Waals surface area contributed by atoms with Gasteiger partial charge in [0.25, 0.3) is 5.97 Å². The summed E-state index contributed by atoms with van der Waals surface area (Å²) in [4.78, 5) is 0. The van der Waals surface area contributed by atoms with E-state index in [-0.39, 0.29) is 32.0 Å². The summed E-state index contributed by atoms with van der Waals surface area (Å²) in [5.41, 5.74) is 6.85. The van der Waals surface area contributed by atoms with Crippen molar-refractivity contribution in [3.63, 3.8) is 0 Å². The van der Waals surface area contributed by atoms with E-state index in [1.807, 2.05) is 0 Å². The first-order valence-electron chi connectivity index (χ1n) is 15.5. The highest BCUT2D eigenvalue weighted by atomic mass is 28.2. The third-order valence-corrected chi connectivity index (χ3v) is 9.50. The first-order valence-corrected chi connectivity index (χ1v) is 16.9. The molecule has 0 aliphatic carbocycles. The Morgan fingerprint density at radius 1 is 0.730 bits per heavy atom. The molecule has 0 aromatic rings. The smallest absolute Gasteiger partial charge is 0.270 e. The molecule has 37 heavy (non-hydrogen) atoms. The molecule has 0 aliphatic rings. The fraction of sp³-hybridized carbons (Fsp3) is 1.00. The molecule has 7 heteroatoms. The lowest BCUT2D eigenvalue weighted by Gasteiger charge is -2.40. The number of ether oxygens (including phenoxy) is 2. The normalized spacial score (nSPS) is 14.8. The van der Waals surface area contributed by atoms with Crippen molar-refractivity contribution in [2.24, 2.45) is 17.6 Å². The second-order valence-electron chi connectivity index (χ2n) is 12.2. The Bertz CT molecular complexity index is 493. The van der Waals surface area contributed by atoms with Gasteiger partial charge in [-0.3, -0.25) is 0 Å². The van der Waals surface area contributed by atoms with Crippen molar-refractivity contribution in [3.05, 3.63) is 0 Å². The van der Waals surface area contributed by atoms with Crippen LogP contribution in [0.15, 0.2) is 0 Å². The van der Waals surface area contributed by atoms with Gasteiger partial charge in [0.2, 0.25) is 0 Å². The second-order valence-corrected chi connectivity index (χ2v) is 13.8. The third kappa shape index (κ3) is 20.5. The summed E-state index contributed by atoms with van der Waals surface area (Å²) in [7, 11) is -1.06. The Morgan fingerprint density at radius 3 is 1.54 bits per heavy atom. The van der Waals surface area contributed by atoms with Crippen LogP contribution in [0.25, 0.3) is 0 Å². The fourth-order valence-corrected chi connectivity index (χ4v) is 7.45. The Labute approximate surface area is 232 Å². The summed E-state index contributed by atoms with van der Waals surface area (Å²) in [6, 6.07) is 0. The summed E-state index contributed by atoms with van der Waals surface area (Å²) in [5, 5.41) is 18.4. The summed E-state index contributed by atoms with van der Waals surface area (Å²) in [6.45, 7) is 12.9. The first kappa shape index (κ1) is 37.0. The minimum atomic E-state index is -1.23. The molecule has 2 atom stereocenters. The number of aliphatic hydroxyl groups is 2. The summed E-state index contributed by atoms with van der Waals surface area (Å²) < 4.78 is 17.7. The van der Waals surface area contributed by atoms with Gasteiger partial charge in [-0.2, -0.15) is 0 Å². The van der Waals surface area contributed by atoms with E-state index in [2.05, 4.69) is 34.6 Å². The SMILES string of the molecule is CCCCCCCCCCCCCCCC([SiH2]OC(C)(OCCO)OCCO)C(CC(C)C)C(C)(C)N. The molecule has 0 fully saturated rings. The quantitative estimate of drug-likeness (QED) is 0.0622. The molecule has 0 aromatic heterocycles. The van der Waals surface area contributed by atoms with E-state index < -0.39 is 15.7 Å². The lowest BCUT2D eigenvalue weighted by molar-refractivity contribution is -0.337. The zero-order chi connectivity index (χ0) is 28.0. The number of aliphatic hydroxyl groups excluding tert-OH is 2. The molecule has 0 amide bonds. The van der Waals surface area contributed by atoms with Crippen LogP contribution in [0.5, 0.6) is 0 Å². The van der Waals surface area contributed by atoms with Crippen molar-refractivity contribution in [3.8, 4) is 0 Å². The molecule has 224 valence electrons.